The third kappa shape index (κ3) is 2.81. The third-order valence-corrected chi connectivity index (χ3v) is 4.82. The summed E-state index contributed by atoms with van der Waals surface area (Å²) in [6, 6.07) is 13.9. The number of nitrogens with zero attached hydrogens (tertiary/aromatic N) is 4. The zero-order valence-electron chi connectivity index (χ0n) is 15.4. The van der Waals surface area contributed by atoms with Crippen LogP contribution in [0.1, 0.15) is 16.8 Å². The first-order chi connectivity index (χ1) is 13.1. The van der Waals surface area contributed by atoms with E-state index in [0.717, 1.165) is 44.9 Å². The van der Waals surface area contributed by atoms with E-state index in [-0.39, 0.29) is 0 Å². The van der Waals surface area contributed by atoms with Crippen molar-refractivity contribution in [2.45, 2.75) is 13.8 Å². The normalized spacial score (nSPS) is 10.7. The Morgan fingerprint density at radius 1 is 1.04 bits per heavy atom. The van der Waals surface area contributed by atoms with Gasteiger partial charge in [0, 0.05) is 23.0 Å². The Balaban J connectivity index is 2.06. The van der Waals surface area contributed by atoms with Gasteiger partial charge in [-0.15, -0.1) is 0 Å². The lowest BCUT2D eigenvalue weighted by Crippen LogP contribution is -1.99. The molecule has 0 aliphatic heterocycles. The first-order valence-corrected chi connectivity index (χ1v) is 8.59. The SMILES string of the molecule is COc1cc(-c2ccc(C#N)cc2)c(-c2cnc(C)c(C)c2)n2cncc12. The number of rotatable bonds is 3. The summed E-state index contributed by atoms with van der Waals surface area (Å²) in [5.41, 5.74) is 7.64. The summed E-state index contributed by atoms with van der Waals surface area (Å²) in [7, 11) is 1.65. The average Bonchev–Trinajstić information content (AvgIpc) is 3.19. The molecule has 4 rings (SSSR count). The molecule has 0 aliphatic rings. The van der Waals surface area contributed by atoms with Crippen LogP contribution >= 0.6 is 0 Å². The number of methoxy groups -OCH3 is 1. The number of imidazole rings is 1. The van der Waals surface area contributed by atoms with E-state index in [1.165, 1.54) is 0 Å². The zero-order chi connectivity index (χ0) is 19.0. The van der Waals surface area contributed by atoms with Crippen molar-refractivity contribution in [2.75, 3.05) is 7.11 Å². The summed E-state index contributed by atoms with van der Waals surface area (Å²) in [6.45, 7) is 4.06. The van der Waals surface area contributed by atoms with Crippen molar-refractivity contribution in [3.63, 3.8) is 0 Å². The van der Waals surface area contributed by atoms with Gasteiger partial charge in [-0.05, 0) is 49.2 Å². The second kappa shape index (κ2) is 6.58. The molecule has 0 saturated heterocycles. The Bertz CT molecular complexity index is 1180. The summed E-state index contributed by atoms with van der Waals surface area (Å²) >= 11 is 0. The Kier molecular flexibility index (Phi) is 4.09. The molecule has 0 saturated carbocycles. The molecule has 27 heavy (non-hydrogen) atoms. The first kappa shape index (κ1) is 16.8. The number of benzene rings is 1. The van der Waals surface area contributed by atoms with Gasteiger partial charge in [0.1, 0.15) is 11.3 Å². The van der Waals surface area contributed by atoms with Gasteiger partial charge in [-0.3, -0.25) is 9.38 Å². The van der Waals surface area contributed by atoms with E-state index in [0.29, 0.717) is 5.56 Å². The molecule has 0 fully saturated rings. The van der Waals surface area contributed by atoms with Gasteiger partial charge in [0.05, 0.1) is 37.0 Å². The lowest BCUT2D eigenvalue weighted by Gasteiger charge is -2.16. The van der Waals surface area contributed by atoms with E-state index < -0.39 is 0 Å². The smallest absolute Gasteiger partial charge is 0.145 e. The molecule has 1 aromatic carbocycles. The fourth-order valence-corrected chi connectivity index (χ4v) is 3.23. The predicted octanol–water partition coefficient (Wildman–Crippen LogP) is 4.56. The number of ether oxygens (including phenoxy) is 1. The Hall–Kier alpha value is -3.65. The Labute approximate surface area is 157 Å². The molecule has 132 valence electrons. The molecule has 3 heterocycles. The van der Waals surface area contributed by atoms with Crippen molar-refractivity contribution in [1.82, 2.24) is 14.4 Å². The summed E-state index contributed by atoms with van der Waals surface area (Å²) in [4.78, 5) is 8.86. The molecule has 0 unspecified atom stereocenters. The van der Waals surface area contributed by atoms with Crippen LogP contribution < -0.4 is 4.74 Å². The number of nitriles is 1. The summed E-state index contributed by atoms with van der Waals surface area (Å²) < 4.78 is 7.62. The minimum Gasteiger partial charge on any atom is -0.494 e. The maximum atomic E-state index is 9.09. The van der Waals surface area contributed by atoms with Crippen LogP contribution in [0.15, 0.2) is 55.1 Å². The van der Waals surface area contributed by atoms with Crippen molar-refractivity contribution in [2.24, 2.45) is 0 Å². The average molecular weight is 354 g/mol. The standard InChI is InChI=1S/C22H18N4O/c1-14-8-18(11-25-15(14)2)22-19(17-6-4-16(10-23)5-7-17)9-21(27-3)20-12-24-13-26(20)22/h4-9,11-13H,1-3H3. The van der Waals surface area contributed by atoms with Crippen LogP contribution in [0.25, 0.3) is 27.9 Å². The van der Waals surface area contributed by atoms with E-state index >= 15 is 0 Å². The fraction of sp³-hybridized carbons (Fsp3) is 0.136. The van der Waals surface area contributed by atoms with Gasteiger partial charge in [0.25, 0.3) is 0 Å². The van der Waals surface area contributed by atoms with E-state index in [1.54, 1.807) is 19.6 Å². The number of fused-ring (bicyclic) bond motifs is 1. The molecular weight excluding hydrogens is 336 g/mol. The molecule has 0 bridgehead atoms. The number of aryl methyl sites for hydroxylation is 2. The van der Waals surface area contributed by atoms with Crippen molar-refractivity contribution in [3.05, 3.63) is 71.9 Å². The third-order valence-electron chi connectivity index (χ3n) is 4.82. The van der Waals surface area contributed by atoms with Crippen LogP contribution in [0, 0.1) is 25.2 Å². The largest absolute Gasteiger partial charge is 0.494 e. The minimum absolute atomic E-state index is 0.629. The second-order valence-electron chi connectivity index (χ2n) is 6.44. The van der Waals surface area contributed by atoms with Crippen molar-refractivity contribution < 1.29 is 4.74 Å². The van der Waals surface area contributed by atoms with Crippen molar-refractivity contribution >= 4 is 5.52 Å². The number of hydrogen-bond acceptors (Lipinski definition) is 4. The van der Waals surface area contributed by atoms with Crippen LogP contribution in [0.4, 0.5) is 0 Å². The first-order valence-electron chi connectivity index (χ1n) is 8.59. The quantitative estimate of drug-likeness (QED) is 0.541. The Morgan fingerprint density at radius 3 is 2.48 bits per heavy atom. The monoisotopic (exact) mass is 354 g/mol. The maximum absolute atomic E-state index is 9.09. The van der Waals surface area contributed by atoms with Gasteiger partial charge >= 0.3 is 0 Å². The van der Waals surface area contributed by atoms with Crippen LogP contribution in [-0.2, 0) is 0 Å². The van der Waals surface area contributed by atoms with Gasteiger partial charge < -0.3 is 4.74 Å². The second-order valence-corrected chi connectivity index (χ2v) is 6.44. The zero-order valence-corrected chi connectivity index (χ0v) is 15.4. The fourth-order valence-electron chi connectivity index (χ4n) is 3.23. The van der Waals surface area contributed by atoms with Gasteiger partial charge in [0.2, 0.25) is 0 Å². The molecule has 0 atom stereocenters. The number of hydrogen-bond donors (Lipinski definition) is 0. The van der Waals surface area contributed by atoms with E-state index in [2.05, 4.69) is 29.0 Å². The lowest BCUT2D eigenvalue weighted by atomic mass is 9.97. The summed E-state index contributed by atoms with van der Waals surface area (Å²) in [5, 5.41) is 9.09. The molecule has 0 amide bonds. The van der Waals surface area contributed by atoms with Crippen molar-refractivity contribution in [1.29, 1.82) is 5.26 Å². The van der Waals surface area contributed by atoms with Crippen LogP contribution in [-0.4, -0.2) is 21.5 Å². The van der Waals surface area contributed by atoms with Gasteiger partial charge in [0.15, 0.2) is 0 Å². The Morgan fingerprint density at radius 2 is 1.81 bits per heavy atom. The van der Waals surface area contributed by atoms with E-state index in [4.69, 9.17) is 10.00 Å². The summed E-state index contributed by atoms with van der Waals surface area (Å²) in [5.74, 6) is 0.743. The molecule has 0 spiro atoms. The number of pyridine rings is 2. The van der Waals surface area contributed by atoms with E-state index in [1.807, 2.05) is 47.9 Å². The maximum Gasteiger partial charge on any atom is 0.145 e. The van der Waals surface area contributed by atoms with Crippen LogP contribution in [0.2, 0.25) is 0 Å². The molecule has 5 nitrogen and oxygen atoms in total. The highest BCUT2D eigenvalue weighted by molar-refractivity contribution is 5.86. The van der Waals surface area contributed by atoms with Crippen LogP contribution in [0.5, 0.6) is 5.75 Å². The highest BCUT2D eigenvalue weighted by Gasteiger charge is 2.17. The molecule has 0 radical (unpaired) electrons. The van der Waals surface area contributed by atoms with Gasteiger partial charge in [-0.1, -0.05) is 12.1 Å². The molecular formula is C22H18N4O. The van der Waals surface area contributed by atoms with E-state index in [9.17, 15) is 0 Å². The van der Waals surface area contributed by atoms with Gasteiger partial charge in [-0.2, -0.15) is 5.26 Å². The molecule has 0 aliphatic carbocycles. The number of aromatic nitrogens is 3. The minimum atomic E-state index is 0.629. The molecule has 0 N–H and O–H groups in total. The lowest BCUT2D eigenvalue weighted by molar-refractivity contribution is 0.418. The molecule has 4 aromatic rings. The van der Waals surface area contributed by atoms with Crippen LogP contribution in [0.3, 0.4) is 0 Å². The van der Waals surface area contributed by atoms with Gasteiger partial charge in [-0.25, -0.2) is 4.98 Å². The highest BCUT2D eigenvalue weighted by atomic mass is 16.5. The highest BCUT2D eigenvalue weighted by Crippen LogP contribution is 2.37. The summed E-state index contributed by atoms with van der Waals surface area (Å²) in [6.07, 6.45) is 5.46. The molecule has 3 aromatic heterocycles. The van der Waals surface area contributed by atoms with Crippen molar-refractivity contribution in [3.8, 4) is 34.2 Å². The predicted molar refractivity (Wildman–Crippen MR) is 105 cm³/mol. The topological polar surface area (TPSA) is 63.2 Å². The molecule has 5 heteroatoms.